The molecule has 0 radical (unpaired) electrons. The van der Waals surface area contributed by atoms with Gasteiger partial charge < -0.3 is 14.2 Å². The summed E-state index contributed by atoms with van der Waals surface area (Å²) in [5.74, 6) is 1.31. The third-order valence-corrected chi connectivity index (χ3v) is 3.65. The lowest BCUT2D eigenvalue weighted by Gasteiger charge is -2.15. The standard InChI is InChI=1S/C17H21N5O2/c1-11-6-16(21(3)4)20-15(19-11)9-22-12(2)7-13(10-24-5)14(8-18)17(22)23/h6-7H,9-10H2,1-5H3. The number of hydrogen-bond acceptors (Lipinski definition) is 6. The van der Waals surface area contributed by atoms with Gasteiger partial charge in [0.15, 0.2) is 5.82 Å². The SMILES string of the molecule is COCc1cc(C)n(Cc2nc(C)cc(N(C)C)n2)c(=O)c1C#N. The maximum absolute atomic E-state index is 12.6. The molecule has 0 spiro atoms. The van der Waals surface area contributed by atoms with Crippen molar-refractivity contribution in [3.8, 4) is 6.07 Å². The quantitative estimate of drug-likeness (QED) is 0.825. The fourth-order valence-corrected chi connectivity index (χ4v) is 2.47. The predicted molar refractivity (Wildman–Crippen MR) is 91.1 cm³/mol. The molecule has 7 heteroatoms. The van der Waals surface area contributed by atoms with Crippen molar-refractivity contribution >= 4 is 5.82 Å². The van der Waals surface area contributed by atoms with Crippen molar-refractivity contribution in [3.63, 3.8) is 0 Å². The highest BCUT2D eigenvalue weighted by Crippen LogP contribution is 2.12. The van der Waals surface area contributed by atoms with Gasteiger partial charge in [-0.2, -0.15) is 5.26 Å². The molecule has 0 amide bonds. The Morgan fingerprint density at radius 2 is 2.00 bits per heavy atom. The van der Waals surface area contributed by atoms with E-state index < -0.39 is 0 Å². The Morgan fingerprint density at radius 3 is 2.58 bits per heavy atom. The molecule has 0 saturated heterocycles. The van der Waals surface area contributed by atoms with Gasteiger partial charge in [-0.1, -0.05) is 0 Å². The number of anilines is 1. The van der Waals surface area contributed by atoms with Gasteiger partial charge in [0.1, 0.15) is 17.5 Å². The first kappa shape index (κ1) is 17.6. The lowest BCUT2D eigenvalue weighted by molar-refractivity contribution is 0.184. The highest BCUT2D eigenvalue weighted by atomic mass is 16.5. The number of ether oxygens (including phenoxy) is 1. The Kier molecular flexibility index (Phi) is 5.31. The minimum absolute atomic E-state index is 0.0999. The fourth-order valence-electron chi connectivity index (χ4n) is 2.47. The van der Waals surface area contributed by atoms with Gasteiger partial charge in [-0.3, -0.25) is 4.79 Å². The van der Waals surface area contributed by atoms with Gasteiger partial charge >= 0.3 is 0 Å². The summed E-state index contributed by atoms with van der Waals surface area (Å²) in [4.78, 5) is 23.4. The Bertz CT molecular complexity index is 849. The summed E-state index contributed by atoms with van der Waals surface area (Å²) in [6.07, 6.45) is 0. The molecule has 0 aliphatic heterocycles. The number of hydrogen-bond donors (Lipinski definition) is 0. The van der Waals surface area contributed by atoms with Crippen molar-refractivity contribution in [2.45, 2.75) is 27.0 Å². The van der Waals surface area contributed by atoms with Gasteiger partial charge in [0.05, 0.1) is 13.2 Å². The van der Waals surface area contributed by atoms with E-state index in [0.717, 1.165) is 17.2 Å². The van der Waals surface area contributed by atoms with Crippen LogP contribution in [0.4, 0.5) is 5.82 Å². The number of aryl methyl sites for hydroxylation is 2. The van der Waals surface area contributed by atoms with Crippen LogP contribution in [0.5, 0.6) is 0 Å². The molecule has 0 aromatic carbocycles. The highest BCUT2D eigenvalue weighted by molar-refractivity contribution is 5.39. The zero-order valence-corrected chi connectivity index (χ0v) is 14.6. The van der Waals surface area contributed by atoms with Crippen molar-refractivity contribution in [3.05, 3.63) is 50.8 Å². The zero-order valence-electron chi connectivity index (χ0n) is 14.6. The molecule has 0 atom stereocenters. The first-order valence-corrected chi connectivity index (χ1v) is 7.51. The molecule has 0 aliphatic rings. The molecule has 0 saturated carbocycles. The van der Waals surface area contributed by atoms with Gasteiger partial charge in [-0.25, -0.2) is 9.97 Å². The number of nitrogens with zero attached hydrogens (tertiary/aromatic N) is 5. The Labute approximate surface area is 141 Å². The van der Waals surface area contributed by atoms with Crippen LogP contribution in [-0.4, -0.2) is 35.7 Å². The molecule has 0 N–H and O–H groups in total. The largest absolute Gasteiger partial charge is 0.380 e. The summed E-state index contributed by atoms with van der Waals surface area (Å²) in [5.41, 5.74) is 1.91. The van der Waals surface area contributed by atoms with Gasteiger partial charge in [0.2, 0.25) is 0 Å². The molecule has 0 bridgehead atoms. The average Bonchev–Trinajstić information content (AvgIpc) is 2.51. The number of pyridine rings is 1. The molecular formula is C17H21N5O2. The van der Waals surface area contributed by atoms with Crippen LogP contribution in [0.3, 0.4) is 0 Å². The van der Waals surface area contributed by atoms with E-state index in [9.17, 15) is 10.1 Å². The number of rotatable bonds is 5. The van der Waals surface area contributed by atoms with Crippen LogP contribution in [0, 0.1) is 25.2 Å². The molecule has 2 aromatic heterocycles. The summed E-state index contributed by atoms with van der Waals surface area (Å²) in [7, 11) is 5.33. The minimum atomic E-state index is -0.346. The molecule has 126 valence electrons. The summed E-state index contributed by atoms with van der Waals surface area (Å²) in [6.45, 7) is 4.15. The third-order valence-electron chi connectivity index (χ3n) is 3.65. The predicted octanol–water partition coefficient (Wildman–Crippen LogP) is 1.39. The maximum Gasteiger partial charge on any atom is 0.269 e. The van der Waals surface area contributed by atoms with E-state index >= 15 is 0 Å². The Morgan fingerprint density at radius 1 is 1.29 bits per heavy atom. The van der Waals surface area contributed by atoms with Crippen LogP contribution < -0.4 is 10.5 Å². The molecule has 0 fully saturated rings. The number of nitriles is 1. The summed E-state index contributed by atoms with van der Waals surface area (Å²) in [5, 5.41) is 9.31. The van der Waals surface area contributed by atoms with Crippen LogP contribution in [0.15, 0.2) is 16.9 Å². The second-order valence-electron chi connectivity index (χ2n) is 5.80. The molecule has 2 heterocycles. The smallest absolute Gasteiger partial charge is 0.269 e. The highest BCUT2D eigenvalue weighted by Gasteiger charge is 2.14. The van der Waals surface area contributed by atoms with Crippen LogP contribution in [0.25, 0.3) is 0 Å². The van der Waals surface area contributed by atoms with E-state index in [-0.39, 0.29) is 24.3 Å². The second-order valence-corrected chi connectivity index (χ2v) is 5.80. The Hall–Kier alpha value is -2.72. The molecule has 7 nitrogen and oxygen atoms in total. The molecule has 0 aliphatic carbocycles. The molecule has 0 unspecified atom stereocenters. The van der Waals surface area contributed by atoms with Crippen molar-refractivity contribution in [2.75, 3.05) is 26.1 Å². The monoisotopic (exact) mass is 327 g/mol. The molecular weight excluding hydrogens is 306 g/mol. The average molecular weight is 327 g/mol. The van der Waals surface area contributed by atoms with Crippen molar-refractivity contribution < 1.29 is 4.74 Å². The van der Waals surface area contributed by atoms with E-state index in [1.807, 2.05) is 45.0 Å². The number of aromatic nitrogens is 3. The second kappa shape index (κ2) is 7.23. The first-order chi connectivity index (χ1) is 11.4. The summed E-state index contributed by atoms with van der Waals surface area (Å²) < 4.78 is 6.59. The molecule has 2 rings (SSSR count). The maximum atomic E-state index is 12.6. The van der Waals surface area contributed by atoms with E-state index in [2.05, 4.69) is 9.97 Å². The topological polar surface area (TPSA) is 84.0 Å². The van der Waals surface area contributed by atoms with Crippen LogP contribution in [0.1, 0.15) is 28.3 Å². The van der Waals surface area contributed by atoms with Crippen molar-refractivity contribution in [2.24, 2.45) is 0 Å². The van der Waals surface area contributed by atoms with Crippen LogP contribution in [0.2, 0.25) is 0 Å². The van der Waals surface area contributed by atoms with E-state index in [1.54, 1.807) is 6.07 Å². The number of methoxy groups -OCH3 is 1. The van der Waals surface area contributed by atoms with Gasteiger partial charge in [-0.15, -0.1) is 0 Å². The normalized spacial score (nSPS) is 10.5. The third kappa shape index (κ3) is 3.60. The van der Waals surface area contributed by atoms with E-state index in [4.69, 9.17) is 4.74 Å². The van der Waals surface area contributed by atoms with E-state index in [1.165, 1.54) is 11.7 Å². The van der Waals surface area contributed by atoms with Crippen molar-refractivity contribution in [1.82, 2.24) is 14.5 Å². The van der Waals surface area contributed by atoms with E-state index in [0.29, 0.717) is 11.4 Å². The Balaban J connectivity index is 2.51. The first-order valence-electron chi connectivity index (χ1n) is 7.51. The van der Waals surface area contributed by atoms with Crippen LogP contribution in [-0.2, 0) is 17.9 Å². The zero-order chi connectivity index (χ0) is 17.9. The van der Waals surface area contributed by atoms with Gasteiger partial charge in [0, 0.05) is 44.2 Å². The lowest BCUT2D eigenvalue weighted by atomic mass is 10.1. The molecule has 24 heavy (non-hydrogen) atoms. The van der Waals surface area contributed by atoms with Gasteiger partial charge in [-0.05, 0) is 19.9 Å². The van der Waals surface area contributed by atoms with Crippen molar-refractivity contribution in [1.29, 1.82) is 5.26 Å². The summed E-state index contributed by atoms with van der Waals surface area (Å²) >= 11 is 0. The lowest BCUT2D eigenvalue weighted by Crippen LogP contribution is -2.28. The molecule has 2 aromatic rings. The fraction of sp³-hybridized carbons (Fsp3) is 0.412. The van der Waals surface area contributed by atoms with Gasteiger partial charge in [0.25, 0.3) is 5.56 Å². The van der Waals surface area contributed by atoms with Crippen LogP contribution >= 0.6 is 0 Å². The summed E-state index contributed by atoms with van der Waals surface area (Å²) in [6, 6.07) is 5.65. The minimum Gasteiger partial charge on any atom is -0.380 e.